The molecule has 0 spiro atoms. The molecule has 0 aliphatic heterocycles. The van der Waals surface area contributed by atoms with E-state index in [0.717, 1.165) is 5.69 Å². The van der Waals surface area contributed by atoms with Gasteiger partial charge in [0, 0.05) is 10.6 Å². The predicted octanol–water partition coefficient (Wildman–Crippen LogP) is 3.31. The number of nitrogens with one attached hydrogen (secondary N) is 1. The first-order chi connectivity index (χ1) is 8.69. The SMILES string of the molecule is CSc1cccc(NCc2ccc(C(=O)O)o2)c1. The summed E-state index contributed by atoms with van der Waals surface area (Å²) in [6, 6.07) is 11.1. The van der Waals surface area contributed by atoms with E-state index < -0.39 is 5.97 Å². The van der Waals surface area contributed by atoms with Crippen molar-refractivity contribution >= 4 is 23.4 Å². The van der Waals surface area contributed by atoms with Gasteiger partial charge in [-0.3, -0.25) is 0 Å². The second-order valence-corrected chi connectivity index (χ2v) is 4.54. The normalized spacial score (nSPS) is 10.3. The number of rotatable bonds is 5. The third-order valence-corrected chi connectivity index (χ3v) is 3.13. The lowest BCUT2D eigenvalue weighted by atomic mass is 10.3. The topological polar surface area (TPSA) is 62.5 Å². The van der Waals surface area contributed by atoms with Crippen LogP contribution in [-0.4, -0.2) is 17.3 Å². The standard InChI is InChI=1S/C13H13NO3S/c1-18-11-4-2-3-9(7-11)14-8-10-5-6-12(17-10)13(15)16/h2-7,14H,8H2,1H3,(H,15,16). The van der Waals surface area contributed by atoms with Crippen molar-refractivity contribution in [3.63, 3.8) is 0 Å². The molecule has 2 rings (SSSR count). The predicted molar refractivity (Wildman–Crippen MR) is 71.2 cm³/mol. The van der Waals surface area contributed by atoms with Crippen LogP contribution in [0.4, 0.5) is 5.69 Å². The number of hydrogen-bond acceptors (Lipinski definition) is 4. The minimum Gasteiger partial charge on any atom is -0.475 e. The number of carbonyl (C=O) groups is 1. The van der Waals surface area contributed by atoms with Crippen molar-refractivity contribution in [2.75, 3.05) is 11.6 Å². The summed E-state index contributed by atoms with van der Waals surface area (Å²) in [6.07, 6.45) is 2.02. The number of benzene rings is 1. The summed E-state index contributed by atoms with van der Waals surface area (Å²) in [5, 5.41) is 11.9. The van der Waals surface area contributed by atoms with Gasteiger partial charge >= 0.3 is 5.97 Å². The van der Waals surface area contributed by atoms with Crippen LogP contribution >= 0.6 is 11.8 Å². The molecule has 0 unspecified atom stereocenters. The average molecular weight is 263 g/mol. The fourth-order valence-corrected chi connectivity index (χ4v) is 1.97. The van der Waals surface area contributed by atoms with Crippen LogP contribution < -0.4 is 5.32 Å². The maximum absolute atomic E-state index is 10.7. The van der Waals surface area contributed by atoms with Crippen molar-refractivity contribution in [3.05, 3.63) is 47.9 Å². The zero-order valence-corrected chi connectivity index (χ0v) is 10.7. The molecule has 0 atom stereocenters. The summed E-state index contributed by atoms with van der Waals surface area (Å²) in [4.78, 5) is 11.8. The Hall–Kier alpha value is -1.88. The number of hydrogen-bond donors (Lipinski definition) is 2. The maximum Gasteiger partial charge on any atom is 0.371 e. The lowest BCUT2D eigenvalue weighted by molar-refractivity contribution is 0.0660. The zero-order chi connectivity index (χ0) is 13.0. The van der Waals surface area contributed by atoms with Gasteiger partial charge in [0.25, 0.3) is 0 Å². The number of anilines is 1. The number of carboxylic acids is 1. The number of aromatic carboxylic acids is 1. The van der Waals surface area contributed by atoms with Gasteiger partial charge in [0.2, 0.25) is 5.76 Å². The Balaban J connectivity index is 1.99. The summed E-state index contributed by atoms with van der Waals surface area (Å²) in [7, 11) is 0. The van der Waals surface area contributed by atoms with Gasteiger partial charge < -0.3 is 14.8 Å². The van der Waals surface area contributed by atoms with Crippen LogP contribution in [0.3, 0.4) is 0 Å². The Morgan fingerprint density at radius 2 is 2.22 bits per heavy atom. The van der Waals surface area contributed by atoms with Crippen LogP contribution in [0.1, 0.15) is 16.3 Å². The van der Waals surface area contributed by atoms with Gasteiger partial charge in [-0.25, -0.2) is 4.79 Å². The van der Waals surface area contributed by atoms with Crippen LogP contribution in [0.5, 0.6) is 0 Å². The molecule has 0 aliphatic rings. The van der Waals surface area contributed by atoms with Crippen LogP contribution in [0.2, 0.25) is 0 Å². The maximum atomic E-state index is 10.7. The Kier molecular flexibility index (Phi) is 3.94. The molecule has 2 N–H and O–H groups in total. The van der Waals surface area contributed by atoms with Crippen molar-refractivity contribution in [2.24, 2.45) is 0 Å². The number of furan rings is 1. The minimum atomic E-state index is -1.05. The molecule has 0 radical (unpaired) electrons. The zero-order valence-electron chi connectivity index (χ0n) is 9.84. The van der Waals surface area contributed by atoms with Crippen LogP contribution in [-0.2, 0) is 6.54 Å². The molecule has 5 heteroatoms. The molecule has 0 saturated carbocycles. The molecular weight excluding hydrogens is 250 g/mol. The summed E-state index contributed by atoms with van der Waals surface area (Å²) < 4.78 is 5.16. The highest BCUT2D eigenvalue weighted by molar-refractivity contribution is 7.98. The van der Waals surface area contributed by atoms with Gasteiger partial charge in [-0.05, 0) is 36.6 Å². The number of thioether (sulfide) groups is 1. The van der Waals surface area contributed by atoms with Gasteiger partial charge in [-0.2, -0.15) is 0 Å². The van der Waals surface area contributed by atoms with Crippen LogP contribution in [0, 0.1) is 0 Å². The first-order valence-corrected chi connectivity index (χ1v) is 6.61. The van der Waals surface area contributed by atoms with Crippen molar-refractivity contribution in [3.8, 4) is 0 Å². The first kappa shape index (κ1) is 12.6. The van der Waals surface area contributed by atoms with Gasteiger partial charge in [0.1, 0.15) is 5.76 Å². The number of carboxylic acid groups (broad SMARTS) is 1. The largest absolute Gasteiger partial charge is 0.475 e. The molecule has 0 fully saturated rings. The van der Waals surface area contributed by atoms with Gasteiger partial charge in [-0.15, -0.1) is 11.8 Å². The third kappa shape index (κ3) is 3.07. The van der Waals surface area contributed by atoms with Gasteiger partial charge in [0.05, 0.1) is 6.54 Å². The second-order valence-electron chi connectivity index (χ2n) is 3.66. The van der Waals surface area contributed by atoms with E-state index in [0.29, 0.717) is 12.3 Å². The van der Waals surface area contributed by atoms with E-state index in [1.165, 1.54) is 11.0 Å². The summed E-state index contributed by atoms with van der Waals surface area (Å²) in [6.45, 7) is 0.463. The summed E-state index contributed by atoms with van der Waals surface area (Å²) in [5.41, 5.74) is 0.982. The summed E-state index contributed by atoms with van der Waals surface area (Å²) in [5.74, 6) is -0.489. The molecule has 18 heavy (non-hydrogen) atoms. The fraction of sp³-hybridized carbons (Fsp3) is 0.154. The smallest absolute Gasteiger partial charge is 0.371 e. The molecular formula is C13H13NO3S. The molecule has 1 heterocycles. The fourth-order valence-electron chi connectivity index (χ4n) is 1.51. The molecule has 0 bridgehead atoms. The van der Waals surface area contributed by atoms with E-state index in [1.807, 2.05) is 30.5 Å². The van der Waals surface area contributed by atoms with Crippen LogP contribution in [0.25, 0.3) is 0 Å². The molecule has 0 amide bonds. The average Bonchev–Trinajstić information content (AvgIpc) is 2.85. The highest BCUT2D eigenvalue weighted by atomic mass is 32.2. The minimum absolute atomic E-state index is 0.0373. The molecule has 1 aromatic carbocycles. The summed E-state index contributed by atoms with van der Waals surface area (Å²) >= 11 is 1.67. The lowest BCUT2D eigenvalue weighted by Crippen LogP contribution is -1.98. The highest BCUT2D eigenvalue weighted by Gasteiger charge is 2.08. The van der Waals surface area contributed by atoms with E-state index in [1.54, 1.807) is 17.8 Å². The monoisotopic (exact) mass is 263 g/mol. The Bertz CT molecular complexity index is 551. The highest BCUT2D eigenvalue weighted by Crippen LogP contribution is 2.19. The first-order valence-electron chi connectivity index (χ1n) is 5.39. The van der Waals surface area contributed by atoms with Crippen molar-refractivity contribution < 1.29 is 14.3 Å². The molecule has 4 nitrogen and oxygen atoms in total. The van der Waals surface area contributed by atoms with Crippen molar-refractivity contribution in [1.82, 2.24) is 0 Å². The molecule has 0 saturated heterocycles. The van der Waals surface area contributed by atoms with E-state index in [4.69, 9.17) is 9.52 Å². The van der Waals surface area contributed by atoms with E-state index in [-0.39, 0.29) is 5.76 Å². The lowest BCUT2D eigenvalue weighted by Gasteiger charge is -2.05. The van der Waals surface area contributed by atoms with Crippen molar-refractivity contribution in [2.45, 2.75) is 11.4 Å². The Morgan fingerprint density at radius 1 is 1.39 bits per heavy atom. The quantitative estimate of drug-likeness (QED) is 0.810. The van der Waals surface area contributed by atoms with Gasteiger partial charge in [0.15, 0.2) is 0 Å². The van der Waals surface area contributed by atoms with Gasteiger partial charge in [-0.1, -0.05) is 6.07 Å². The third-order valence-electron chi connectivity index (χ3n) is 2.41. The second kappa shape index (κ2) is 5.64. The molecule has 1 aromatic heterocycles. The molecule has 0 aliphatic carbocycles. The van der Waals surface area contributed by atoms with E-state index >= 15 is 0 Å². The van der Waals surface area contributed by atoms with Crippen LogP contribution in [0.15, 0.2) is 45.7 Å². The molecule has 2 aromatic rings. The molecule has 94 valence electrons. The van der Waals surface area contributed by atoms with Crippen molar-refractivity contribution in [1.29, 1.82) is 0 Å². The van der Waals surface area contributed by atoms with E-state index in [2.05, 4.69) is 5.32 Å². The van der Waals surface area contributed by atoms with E-state index in [9.17, 15) is 4.79 Å². The Morgan fingerprint density at radius 3 is 2.89 bits per heavy atom. The Labute approximate surface area is 109 Å².